The zero-order valence-corrected chi connectivity index (χ0v) is 14.1. The molecule has 0 unspecified atom stereocenters. The van der Waals surface area contributed by atoms with E-state index in [0.29, 0.717) is 6.54 Å². The van der Waals surface area contributed by atoms with E-state index < -0.39 is 0 Å². The molecule has 0 radical (unpaired) electrons. The minimum Gasteiger partial charge on any atom is -0.281 e. The van der Waals surface area contributed by atoms with Gasteiger partial charge in [0, 0.05) is 36.3 Å². The van der Waals surface area contributed by atoms with E-state index in [1.165, 1.54) is 17.7 Å². The topological polar surface area (TPSA) is 51.0 Å². The quantitative estimate of drug-likeness (QED) is 0.626. The largest absolute Gasteiger partial charge is 0.281 e. The van der Waals surface area contributed by atoms with Crippen molar-refractivity contribution >= 4 is 28.5 Å². The van der Waals surface area contributed by atoms with Crippen molar-refractivity contribution in [3.63, 3.8) is 0 Å². The van der Waals surface area contributed by atoms with Crippen molar-refractivity contribution in [3.8, 4) is 0 Å². The number of rotatable bonds is 5. The summed E-state index contributed by atoms with van der Waals surface area (Å²) >= 11 is 1.63. The number of hydrogen-bond donors (Lipinski definition) is 0. The van der Waals surface area contributed by atoms with Crippen LogP contribution in [0.5, 0.6) is 0 Å². The van der Waals surface area contributed by atoms with Crippen LogP contribution in [-0.2, 0) is 24.7 Å². The van der Waals surface area contributed by atoms with Crippen LogP contribution in [0.25, 0.3) is 6.08 Å². The number of carbonyl (C=O) groups excluding carboxylic acids is 1. The molecule has 0 bridgehead atoms. The van der Waals surface area contributed by atoms with Gasteiger partial charge in [-0.2, -0.15) is 5.10 Å². The lowest BCUT2D eigenvalue weighted by Crippen LogP contribution is -2.29. The average molecular weight is 328 g/mol. The molecular weight excluding hydrogens is 308 g/mol. The monoisotopic (exact) mass is 328 g/mol. The molecule has 0 spiro atoms. The maximum atomic E-state index is 12.6. The molecule has 0 fully saturated rings. The standard InChI is InChI=1S/C17H20N4OS/c1-3-10-21(16(22)9-8-13-11-18-20(2)12-13)17-19-14-6-4-5-7-15(14)23-17/h3,8-9,11-12H,1,4-7,10H2,2H3. The van der Waals surface area contributed by atoms with Crippen LogP contribution in [0.4, 0.5) is 5.13 Å². The summed E-state index contributed by atoms with van der Waals surface area (Å²) in [5.41, 5.74) is 2.06. The molecule has 0 atom stereocenters. The van der Waals surface area contributed by atoms with Crippen molar-refractivity contribution in [1.29, 1.82) is 0 Å². The Morgan fingerprint density at radius 2 is 2.30 bits per heavy atom. The van der Waals surface area contributed by atoms with Gasteiger partial charge in [0.2, 0.25) is 0 Å². The number of anilines is 1. The molecule has 1 aliphatic rings. The fraction of sp³-hybridized carbons (Fsp3) is 0.353. The highest BCUT2D eigenvalue weighted by molar-refractivity contribution is 7.16. The molecule has 2 aromatic rings. The molecule has 23 heavy (non-hydrogen) atoms. The summed E-state index contributed by atoms with van der Waals surface area (Å²) in [5.74, 6) is -0.0835. The predicted octanol–water partition coefficient (Wildman–Crippen LogP) is 2.99. The molecule has 120 valence electrons. The van der Waals surface area contributed by atoms with Crippen molar-refractivity contribution in [2.75, 3.05) is 11.4 Å². The Morgan fingerprint density at radius 1 is 1.48 bits per heavy atom. The second-order valence-electron chi connectivity index (χ2n) is 5.59. The smallest absolute Gasteiger partial charge is 0.253 e. The van der Waals surface area contributed by atoms with E-state index in [9.17, 15) is 4.79 Å². The summed E-state index contributed by atoms with van der Waals surface area (Å²) in [6.07, 6.45) is 13.2. The van der Waals surface area contributed by atoms with Gasteiger partial charge in [0.25, 0.3) is 5.91 Å². The molecule has 0 aliphatic heterocycles. The van der Waals surface area contributed by atoms with Gasteiger partial charge in [0.05, 0.1) is 11.9 Å². The Kier molecular flexibility index (Phi) is 4.71. The van der Waals surface area contributed by atoms with Crippen LogP contribution in [0, 0.1) is 0 Å². The van der Waals surface area contributed by atoms with Gasteiger partial charge >= 0.3 is 0 Å². The van der Waals surface area contributed by atoms with Crippen molar-refractivity contribution in [1.82, 2.24) is 14.8 Å². The Balaban J connectivity index is 1.80. The molecule has 0 saturated heterocycles. The number of aromatic nitrogens is 3. The van der Waals surface area contributed by atoms with Crippen LogP contribution >= 0.6 is 11.3 Å². The number of amides is 1. The minimum atomic E-state index is -0.0835. The van der Waals surface area contributed by atoms with E-state index in [-0.39, 0.29) is 5.91 Å². The van der Waals surface area contributed by atoms with Gasteiger partial charge in [-0.1, -0.05) is 6.08 Å². The van der Waals surface area contributed by atoms with Gasteiger partial charge in [-0.3, -0.25) is 14.4 Å². The van der Waals surface area contributed by atoms with Crippen LogP contribution < -0.4 is 4.90 Å². The molecule has 6 heteroatoms. The van der Waals surface area contributed by atoms with Crippen LogP contribution in [0.1, 0.15) is 29.0 Å². The second kappa shape index (κ2) is 6.91. The first kappa shape index (κ1) is 15.7. The third-order valence-corrected chi connectivity index (χ3v) is 4.97. The zero-order valence-electron chi connectivity index (χ0n) is 13.2. The normalized spacial score (nSPS) is 14.0. The van der Waals surface area contributed by atoms with Crippen LogP contribution in [0.3, 0.4) is 0 Å². The molecule has 3 rings (SSSR count). The zero-order chi connectivity index (χ0) is 16.2. The third kappa shape index (κ3) is 3.59. The van der Waals surface area contributed by atoms with Crippen LogP contribution in [0.15, 0.2) is 31.1 Å². The molecule has 2 aromatic heterocycles. The first-order valence-corrected chi connectivity index (χ1v) is 8.56. The Morgan fingerprint density at radius 3 is 3.00 bits per heavy atom. The van der Waals surface area contributed by atoms with Crippen molar-refractivity contribution < 1.29 is 4.79 Å². The number of nitrogens with zero attached hydrogens (tertiary/aromatic N) is 4. The van der Waals surface area contributed by atoms with E-state index in [2.05, 4.69) is 16.7 Å². The van der Waals surface area contributed by atoms with E-state index in [1.807, 2.05) is 13.2 Å². The van der Waals surface area contributed by atoms with E-state index in [4.69, 9.17) is 0 Å². The van der Waals surface area contributed by atoms with Gasteiger partial charge in [-0.05, 0) is 31.8 Å². The highest BCUT2D eigenvalue weighted by Gasteiger charge is 2.21. The molecular formula is C17H20N4OS. The first-order valence-electron chi connectivity index (χ1n) is 7.75. The lowest BCUT2D eigenvalue weighted by molar-refractivity contribution is -0.114. The van der Waals surface area contributed by atoms with E-state index in [0.717, 1.165) is 29.2 Å². The van der Waals surface area contributed by atoms with Gasteiger partial charge in [-0.15, -0.1) is 17.9 Å². The van der Waals surface area contributed by atoms with Gasteiger partial charge in [0.15, 0.2) is 5.13 Å². The number of fused-ring (bicyclic) bond motifs is 1. The third-order valence-electron chi connectivity index (χ3n) is 3.79. The summed E-state index contributed by atoms with van der Waals surface area (Å²) in [4.78, 5) is 20.2. The second-order valence-corrected chi connectivity index (χ2v) is 6.65. The summed E-state index contributed by atoms with van der Waals surface area (Å²) < 4.78 is 1.71. The summed E-state index contributed by atoms with van der Waals surface area (Å²) in [6.45, 7) is 4.22. The van der Waals surface area contributed by atoms with E-state index in [1.54, 1.807) is 45.3 Å². The van der Waals surface area contributed by atoms with Crippen molar-refractivity contribution in [2.45, 2.75) is 25.7 Å². The van der Waals surface area contributed by atoms with Gasteiger partial charge in [-0.25, -0.2) is 4.98 Å². The fourth-order valence-corrected chi connectivity index (χ4v) is 3.79. The van der Waals surface area contributed by atoms with Gasteiger partial charge in [0.1, 0.15) is 0 Å². The number of aryl methyl sites for hydroxylation is 3. The Hall–Kier alpha value is -2.21. The number of carbonyl (C=O) groups is 1. The maximum Gasteiger partial charge on any atom is 0.253 e. The molecule has 1 amide bonds. The highest BCUT2D eigenvalue weighted by Crippen LogP contribution is 2.32. The summed E-state index contributed by atoms with van der Waals surface area (Å²) in [7, 11) is 1.85. The van der Waals surface area contributed by atoms with Crippen molar-refractivity contribution in [2.24, 2.45) is 7.05 Å². The lowest BCUT2D eigenvalue weighted by atomic mass is 10.0. The molecule has 5 nitrogen and oxygen atoms in total. The first-order chi connectivity index (χ1) is 11.2. The number of hydrogen-bond acceptors (Lipinski definition) is 4. The SMILES string of the molecule is C=CCN(C(=O)C=Cc1cnn(C)c1)c1nc2c(s1)CCCC2. The average Bonchev–Trinajstić information content (AvgIpc) is 3.16. The highest BCUT2D eigenvalue weighted by atomic mass is 32.1. The number of thiazole rings is 1. The van der Waals surface area contributed by atoms with Crippen LogP contribution in [-0.4, -0.2) is 27.2 Å². The minimum absolute atomic E-state index is 0.0835. The molecule has 2 heterocycles. The Labute approximate surface area is 140 Å². The molecule has 0 aromatic carbocycles. The molecule has 1 aliphatic carbocycles. The summed E-state index contributed by atoms with van der Waals surface area (Å²) in [5, 5.41) is 4.87. The lowest BCUT2D eigenvalue weighted by Gasteiger charge is -2.15. The Bertz CT molecular complexity index is 720. The molecule has 0 N–H and O–H groups in total. The molecule has 0 saturated carbocycles. The van der Waals surface area contributed by atoms with E-state index >= 15 is 0 Å². The van der Waals surface area contributed by atoms with Crippen LogP contribution in [0.2, 0.25) is 0 Å². The van der Waals surface area contributed by atoms with Gasteiger partial charge < -0.3 is 0 Å². The summed E-state index contributed by atoms with van der Waals surface area (Å²) in [6, 6.07) is 0. The maximum absolute atomic E-state index is 12.6. The predicted molar refractivity (Wildman–Crippen MR) is 93.5 cm³/mol. The van der Waals surface area contributed by atoms with Crippen molar-refractivity contribution in [3.05, 3.63) is 47.3 Å². The fourth-order valence-electron chi connectivity index (χ4n) is 2.63.